The summed E-state index contributed by atoms with van der Waals surface area (Å²) < 4.78 is 6.91. The predicted molar refractivity (Wildman–Crippen MR) is 116 cm³/mol. The van der Waals surface area contributed by atoms with Gasteiger partial charge in [0.05, 0.1) is 5.02 Å². The highest BCUT2D eigenvalue weighted by atomic mass is 35.5. The third kappa shape index (κ3) is 4.95. The van der Waals surface area contributed by atoms with E-state index in [1.165, 1.54) is 4.57 Å². The number of thiazole rings is 1. The van der Waals surface area contributed by atoms with Crippen LogP contribution >= 0.6 is 34.5 Å². The number of nitrogens with one attached hydrogen (secondary N) is 1. The summed E-state index contributed by atoms with van der Waals surface area (Å²) in [6.45, 7) is 0.248. The first-order valence-electron chi connectivity index (χ1n) is 9.07. The molecule has 3 rings (SSSR count). The highest BCUT2D eigenvalue weighted by Crippen LogP contribution is 2.33. The van der Waals surface area contributed by atoms with Crippen molar-refractivity contribution in [3.05, 3.63) is 60.7 Å². The van der Waals surface area contributed by atoms with Crippen molar-refractivity contribution >= 4 is 46.2 Å². The fraction of sp³-hybridized carbons (Fsp3) is 0.250. The third-order valence-electron chi connectivity index (χ3n) is 4.42. The number of rotatable bonds is 9. The van der Waals surface area contributed by atoms with Gasteiger partial charge < -0.3 is 14.6 Å². The lowest BCUT2D eigenvalue weighted by molar-refractivity contribution is -0.137. The normalized spacial score (nSPS) is 11.0. The number of nitrogens with zero attached hydrogens (tertiary/aromatic N) is 1. The molecule has 0 unspecified atom stereocenters. The lowest BCUT2D eigenvalue weighted by atomic mass is 10.2. The summed E-state index contributed by atoms with van der Waals surface area (Å²) in [5, 5.41) is 28.3. The first-order chi connectivity index (χ1) is 14.3. The van der Waals surface area contributed by atoms with Crippen LogP contribution in [-0.4, -0.2) is 26.5 Å². The fourth-order valence-corrected chi connectivity index (χ4v) is 4.27. The Labute approximate surface area is 185 Å². The summed E-state index contributed by atoms with van der Waals surface area (Å²) in [5.74, 6) is -0.544. The molecule has 1 aromatic carbocycles. The van der Waals surface area contributed by atoms with Gasteiger partial charge in [-0.25, -0.2) is 0 Å². The summed E-state index contributed by atoms with van der Waals surface area (Å²) in [6.07, 6.45) is 1.73. The monoisotopic (exact) mass is 468 g/mol. The zero-order valence-electron chi connectivity index (χ0n) is 15.7. The second kappa shape index (κ2) is 9.51. The summed E-state index contributed by atoms with van der Waals surface area (Å²) in [5.41, 5.74) is 0.493. The van der Waals surface area contributed by atoms with E-state index in [1.807, 2.05) is 0 Å². The van der Waals surface area contributed by atoms with Crippen molar-refractivity contribution in [1.82, 2.24) is 4.57 Å². The molecule has 10 heteroatoms. The van der Waals surface area contributed by atoms with E-state index in [9.17, 15) is 14.7 Å². The van der Waals surface area contributed by atoms with E-state index in [0.29, 0.717) is 40.6 Å². The molecule has 0 amide bonds. The van der Waals surface area contributed by atoms with Crippen LogP contribution in [0, 0.1) is 5.41 Å². The molecule has 0 aliphatic carbocycles. The van der Waals surface area contributed by atoms with Crippen molar-refractivity contribution < 1.29 is 19.4 Å². The molecule has 158 valence electrons. The number of benzene rings is 1. The maximum absolute atomic E-state index is 12.2. The molecule has 0 aliphatic heterocycles. The first-order valence-corrected chi connectivity index (χ1v) is 10.6. The van der Waals surface area contributed by atoms with Crippen LogP contribution in [0.4, 0.5) is 0 Å². The second-order valence-corrected chi connectivity index (χ2v) is 8.35. The molecule has 3 aromatic rings. The van der Waals surface area contributed by atoms with E-state index in [2.05, 4.69) is 0 Å². The number of aromatic hydroxyl groups is 1. The van der Waals surface area contributed by atoms with Crippen molar-refractivity contribution in [3.8, 4) is 17.2 Å². The molecule has 0 atom stereocenters. The maximum Gasteiger partial charge on any atom is 0.310 e. The minimum Gasteiger partial charge on any atom is -0.493 e. The van der Waals surface area contributed by atoms with E-state index in [-0.39, 0.29) is 35.2 Å². The molecule has 2 heterocycles. The van der Waals surface area contributed by atoms with Crippen LogP contribution in [0.5, 0.6) is 5.88 Å². The number of carboxylic acids is 1. The maximum atomic E-state index is 12.2. The van der Waals surface area contributed by atoms with E-state index in [4.69, 9.17) is 38.1 Å². The van der Waals surface area contributed by atoms with E-state index >= 15 is 0 Å². The van der Waals surface area contributed by atoms with Gasteiger partial charge in [0.2, 0.25) is 5.88 Å². The van der Waals surface area contributed by atoms with Crippen LogP contribution in [0.25, 0.3) is 11.3 Å². The third-order valence-corrected chi connectivity index (χ3v) is 5.95. The average molecular weight is 469 g/mol. The van der Waals surface area contributed by atoms with Crippen LogP contribution in [0.3, 0.4) is 0 Å². The van der Waals surface area contributed by atoms with Crippen molar-refractivity contribution in [2.45, 2.75) is 32.2 Å². The Morgan fingerprint density at radius 1 is 1.17 bits per heavy atom. The Kier molecular flexibility index (Phi) is 7.02. The number of hydrogen-bond donors (Lipinski definition) is 3. The first kappa shape index (κ1) is 22.1. The molecular weight excluding hydrogens is 451 g/mol. The van der Waals surface area contributed by atoms with Gasteiger partial charge in [0, 0.05) is 23.6 Å². The fourth-order valence-electron chi connectivity index (χ4n) is 2.90. The molecule has 0 fully saturated rings. The summed E-state index contributed by atoms with van der Waals surface area (Å²) in [4.78, 5) is 22.5. The SMILES string of the molecule is N=C(c1ccc(-c2ccc(Cl)cc2Cl)o1)c1sc(=O)n(CCCCCC(=O)O)c1O. The number of carbonyl (C=O) groups is 1. The van der Waals surface area contributed by atoms with Gasteiger partial charge in [-0.15, -0.1) is 0 Å². The lowest BCUT2D eigenvalue weighted by Crippen LogP contribution is -2.12. The molecule has 30 heavy (non-hydrogen) atoms. The number of carboxylic acid groups (broad SMARTS) is 1. The van der Waals surface area contributed by atoms with Crippen molar-refractivity contribution in [1.29, 1.82) is 5.41 Å². The average Bonchev–Trinajstić information content (AvgIpc) is 3.27. The largest absolute Gasteiger partial charge is 0.493 e. The van der Waals surface area contributed by atoms with Gasteiger partial charge in [0.1, 0.15) is 16.3 Å². The van der Waals surface area contributed by atoms with E-state index < -0.39 is 10.8 Å². The summed E-state index contributed by atoms with van der Waals surface area (Å²) in [7, 11) is 0. The molecule has 3 N–H and O–H groups in total. The molecule has 0 saturated heterocycles. The summed E-state index contributed by atoms with van der Waals surface area (Å²) >= 11 is 12.9. The van der Waals surface area contributed by atoms with Gasteiger partial charge in [-0.1, -0.05) is 41.0 Å². The van der Waals surface area contributed by atoms with Crippen LogP contribution in [0.2, 0.25) is 10.0 Å². The minimum atomic E-state index is -0.862. The Morgan fingerprint density at radius 3 is 2.63 bits per heavy atom. The minimum absolute atomic E-state index is 0.0683. The number of hydrogen-bond acceptors (Lipinski definition) is 6. The number of unbranched alkanes of at least 4 members (excludes halogenated alkanes) is 2. The molecule has 0 radical (unpaired) electrons. The van der Waals surface area contributed by atoms with Crippen molar-refractivity contribution in [2.75, 3.05) is 0 Å². The van der Waals surface area contributed by atoms with Crippen LogP contribution in [0.1, 0.15) is 36.3 Å². The second-order valence-electron chi connectivity index (χ2n) is 6.54. The van der Waals surface area contributed by atoms with E-state index in [1.54, 1.807) is 30.3 Å². The van der Waals surface area contributed by atoms with Crippen LogP contribution in [0.15, 0.2) is 39.5 Å². The highest BCUT2D eigenvalue weighted by molar-refractivity contribution is 7.12. The number of halogens is 2. The number of aliphatic carboxylic acids is 1. The number of aromatic nitrogens is 1. The zero-order valence-corrected chi connectivity index (χ0v) is 18.0. The van der Waals surface area contributed by atoms with Gasteiger partial charge in [-0.05, 0) is 43.2 Å². The van der Waals surface area contributed by atoms with Crippen molar-refractivity contribution in [3.63, 3.8) is 0 Å². The molecule has 7 nitrogen and oxygen atoms in total. The van der Waals surface area contributed by atoms with Gasteiger partial charge in [0.25, 0.3) is 0 Å². The predicted octanol–water partition coefficient (Wildman–Crippen LogP) is 5.24. The Hall–Kier alpha value is -2.55. The Bertz CT molecular complexity index is 1150. The van der Waals surface area contributed by atoms with Gasteiger partial charge >= 0.3 is 10.8 Å². The lowest BCUT2D eigenvalue weighted by Gasteiger charge is -2.04. The van der Waals surface area contributed by atoms with Crippen LogP contribution in [-0.2, 0) is 11.3 Å². The zero-order chi connectivity index (χ0) is 21.8. The topological polar surface area (TPSA) is 117 Å². The summed E-state index contributed by atoms with van der Waals surface area (Å²) in [6, 6.07) is 8.18. The molecule has 2 aromatic heterocycles. The van der Waals surface area contributed by atoms with Gasteiger partial charge in [0.15, 0.2) is 5.76 Å². The van der Waals surface area contributed by atoms with Crippen molar-refractivity contribution in [2.24, 2.45) is 0 Å². The molecule has 0 bridgehead atoms. The molecular formula is C20H18Cl2N2O5S. The molecule has 0 spiro atoms. The molecule has 0 saturated carbocycles. The van der Waals surface area contributed by atoms with E-state index in [0.717, 1.165) is 11.3 Å². The van der Waals surface area contributed by atoms with Gasteiger partial charge in [-0.2, -0.15) is 0 Å². The highest BCUT2D eigenvalue weighted by Gasteiger charge is 2.21. The standard InChI is InChI=1S/C20H18Cl2N2O5S/c21-11-5-6-12(13(22)10-11)14-7-8-15(29-14)17(23)18-19(27)24(20(28)30-18)9-3-1-2-4-16(25)26/h5-8,10,23,27H,1-4,9H2,(H,25,26). The number of furan rings is 1. The Balaban J connectivity index is 1.75. The molecule has 0 aliphatic rings. The van der Waals surface area contributed by atoms with Crippen LogP contribution < -0.4 is 4.87 Å². The smallest absolute Gasteiger partial charge is 0.310 e. The quantitative estimate of drug-likeness (QED) is 0.293. The Morgan fingerprint density at radius 2 is 1.93 bits per heavy atom. The van der Waals surface area contributed by atoms with Gasteiger partial charge in [-0.3, -0.25) is 19.6 Å².